The lowest BCUT2D eigenvalue weighted by Gasteiger charge is -2.18. The van der Waals surface area contributed by atoms with Gasteiger partial charge in [-0.05, 0) is 37.1 Å². The van der Waals surface area contributed by atoms with E-state index in [0.717, 1.165) is 37.1 Å². The molecule has 0 radical (unpaired) electrons. The first-order valence-corrected chi connectivity index (χ1v) is 8.39. The minimum absolute atomic E-state index is 0.121. The summed E-state index contributed by atoms with van der Waals surface area (Å²) in [4.78, 5) is 26.1. The average molecular weight is 316 g/mol. The van der Waals surface area contributed by atoms with Gasteiger partial charge >= 0.3 is 0 Å². The molecule has 1 aliphatic carbocycles. The van der Waals surface area contributed by atoms with Gasteiger partial charge in [-0.15, -0.1) is 0 Å². The Kier molecular flexibility index (Phi) is 4.84. The van der Waals surface area contributed by atoms with Crippen molar-refractivity contribution >= 4 is 17.5 Å². The van der Waals surface area contributed by atoms with E-state index in [4.69, 9.17) is 4.74 Å². The maximum absolute atomic E-state index is 12.2. The molecule has 2 amide bonds. The lowest BCUT2D eigenvalue weighted by molar-refractivity contribution is -0.125. The van der Waals surface area contributed by atoms with E-state index in [1.165, 1.54) is 0 Å². The van der Waals surface area contributed by atoms with Crippen molar-refractivity contribution in [1.29, 1.82) is 0 Å². The van der Waals surface area contributed by atoms with Crippen LogP contribution in [0.1, 0.15) is 32.1 Å². The van der Waals surface area contributed by atoms with Crippen molar-refractivity contribution in [2.75, 3.05) is 25.1 Å². The number of carbonyl (C=O) groups excluding carboxylic acids is 2. The van der Waals surface area contributed by atoms with Crippen LogP contribution in [0.5, 0.6) is 5.75 Å². The van der Waals surface area contributed by atoms with Gasteiger partial charge in [-0.1, -0.05) is 12.8 Å². The van der Waals surface area contributed by atoms with Crippen LogP contribution in [0.15, 0.2) is 24.3 Å². The van der Waals surface area contributed by atoms with Gasteiger partial charge in [0.05, 0.1) is 7.11 Å². The van der Waals surface area contributed by atoms with Crippen LogP contribution < -0.4 is 15.0 Å². The van der Waals surface area contributed by atoms with E-state index in [0.29, 0.717) is 19.5 Å². The zero-order valence-corrected chi connectivity index (χ0v) is 13.6. The average Bonchev–Trinajstić information content (AvgIpc) is 3.22. The number of hydrogen-bond donors (Lipinski definition) is 1. The lowest BCUT2D eigenvalue weighted by Crippen LogP contribution is -2.34. The monoisotopic (exact) mass is 316 g/mol. The largest absolute Gasteiger partial charge is 0.497 e. The third-order valence-electron chi connectivity index (χ3n) is 4.88. The molecule has 0 spiro atoms. The number of rotatable bonds is 5. The van der Waals surface area contributed by atoms with E-state index in [2.05, 4.69) is 5.32 Å². The molecule has 1 saturated carbocycles. The van der Waals surface area contributed by atoms with Gasteiger partial charge in [0.2, 0.25) is 11.8 Å². The summed E-state index contributed by atoms with van der Waals surface area (Å²) in [7, 11) is 1.62. The van der Waals surface area contributed by atoms with Gasteiger partial charge in [-0.25, -0.2) is 0 Å². The SMILES string of the molecule is COc1ccc(N2CC(CNC(=O)C3CCCC3)CC2=O)cc1. The smallest absolute Gasteiger partial charge is 0.227 e. The van der Waals surface area contributed by atoms with E-state index < -0.39 is 0 Å². The van der Waals surface area contributed by atoms with Gasteiger partial charge in [0.15, 0.2) is 0 Å². The van der Waals surface area contributed by atoms with Crippen molar-refractivity contribution in [3.63, 3.8) is 0 Å². The van der Waals surface area contributed by atoms with Crippen LogP contribution in [0.3, 0.4) is 0 Å². The summed E-state index contributed by atoms with van der Waals surface area (Å²) in [5, 5.41) is 3.04. The fourth-order valence-electron chi connectivity index (χ4n) is 3.51. The molecule has 1 aliphatic heterocycles. The van der Waals surface area contributed by atoms with Crippen LogP contribution in [0, 0.1) is 11.8 Å². The molecule has 0 aromatic heterocycles. The molecule has 1 saturated heterocycles. The zero-order valence-electron chi connectivity index (χ0n) is 13.6. The number of methoxy groups -OCH3 is 1. The standard InChI is InChI=1S/C18H24N2O3/c1-23-16-8-6-15(7-9-16)20-12-13(10-17(20)21)11-19-18(22)14-4-2-3-5-14/h6-9,13-14H,2-5,10-12H2,1H3,(H,19,22). The molecule has 1 atom stereocenters. The van der Waals surface area contributed by atoms with Crippen LogP contribution in [0.4, 0.5) is 5.69 Å². The molecule has 1 aromatic carbocycles. The summed E-state index contributed by atoms with van der Waals surface area (Å²) >= 11 is 0. The Morgan fingerprint density at radius 3 is 2.61 bits per heavy atom. The summed E-state index contributed by atoms with van der Waals surface area (Å²) in [5.41, 5.74) is 0.889. The van der Waals surface area contributed by atoms with Gasteiger partial charge in [-0.2, -0.15) is 0 Å². The molecular weight excluding hydrogens is 292 g/mol. The van der Waals surface area contributed by atoms with Gasteiger partial charge in [0.25, 0.3) is 0 Å². The number of anilines is 1. The fourth-order valence-corrected chi connectivity index (χ4v) is 3.51. The maximum Gasteiger partial charge on any atom is 0.227 e. The molecule has 1 unspecified atom stereocenters. The Labute approximate surface area is 137 Å². The zero-order chi connectivity index (χ0) is 16.2. The Morgan fingerprint density at radius 1 is 1.26 bits per heavy atom. The number of amides is 2. The van der Waals surface area contributed by atoms with Crippen LogP contribution in [0.25, 0.3) is 0 Å². The van der Waals surface area contributed by atoms with Crippen molar-refractivity contribution in [2.24, 2.45) is 11.8 Å². The normalized spacial score (nSPS) is 21.7. The summed E-state index contributed by atoms with van der Waals surface area (Å²) in [5.74, 6) is 1.44. The van der Waals surface area contributed by atoms with Crippen LogP contribution in [0.2, 0.25) is 0 Å². The molecule has 124 valence electrons. The van der Waals surface area contributed by atoms with Gasteiger partial charge in [0, 0.05) is 37.0 Å². The predicted molar refractivity (Wildman–Crippen MR) is 88.4 cm³/mol. The fraction of sp³-hybridized carbons (Fsp3) is 0.556. The molecular formula is C18H24N2O3. The highest BCUT2D eigenvalue weighted by Crippen LogP contribution is 2.27. The highest BCUT2D eigenvalue weighted by molar-refractivity contribution is 5.95. The number of benzene rings is 1. The molecule has 0 bridgehead atoms. The van der Waals surface area contributed by atoms with Gasteiger partial charge in [-0.3, -0.25) is 9.59 Å². The first kappa shape index (κ1) is 15.8. The molecule has 23 heavy (non-hydrogen) atoms. The second-order valence-corrected chi connectivity index (χ2v) is 6.50. The second kappa shape index (κ2) is 7.02. The molecule has 3 rings (SSSR count). The first-order chi connectivity index (χ1) is 11.2. The number of hydrogen-bond acceptors (Lipinski definition) is 3. The highest BCUT2D eigenvalue weighted by Gasteiger charge is 2.31. The van der Waals surface area contributed by atoms with Crippen LogP contribution in [-0.4, -0.2) is 32.0 Å². The predicted octanol–water partition coefficient (Wildman–Crippen LogP) is 2.35. The van der Waals surface area contributed by atoms with Crippen molar-refractivity contribution in [3.8, 4) is 5.75 Å². The van der Waals surface area contributed by atoms with Gasteiger partial charge in [0.1, 0.15) is 5.75 Å². The summed E-state index contributed by atoms with van der Waals surface area (Å²) in [6.07, 6.45) is 4.83. The molecule has 2 aliphatic rings. The van der Waals surface area contributed by atoms with E-state index >= 15 is 0 Å². The highest BCUT2D eigenvalue weighted by atomic mass is 16.5. The van der Waals surface area contributed by atoms with E-state index in [9.17, 15) is 9.59 Å². The summed E-state index contributed by atoms with van der Waals surface area (Å²) < 4.78 is 5.14. The third kappa shape index (κ3) is 3.66. The van der Waals surface area contributed by atoms with E-state index in [-0.39, 0.29) is 23.7 Å². The Balaban J connectivity index is 1.53. The van der Waals surface area contributed by atoms with Crippen molar-refractivity contribution < 1.29 is 14.3 Å². The molecule has 5 heteroatoms. The molecule has 1 aromatic rings. The van der Waals surface area contributed by atoms with E-state index in [1.807, 2.05) is 24.3 Å². The number of nitrogens with one attached hydrogen (secondary N) is 1. The Morgan fingerprint density at radius 2 is 1.96 bits per heavy atom. The van der Waals surface area contributed by atoms with Crippen molar-refractivity contribution in [3.05, 3.63) is 24.3 Å². The third-order valence-corrected chi connectivity index (χ3v) is 4.88. The van der Waals surface area contributed by atoms with Crippen LogP contribution in [-0.2, 0) is 9.59 Å². The first-order valence-electron chi connectivity index (χ1n) is 8.39. The minimum atomic E-state index is 0.121. The molecule has 1 heterocycles. The molecule has 1 N–H and O–H groups in total. The van der Waals surface area contributed by atoms with E-state index in [1.54, 1.807) is 12.0 Å². The van der Waals surface area contributed by atoms with Gasteiger partial charge < -0.3 is 15.0 Å². The summed E-state index contributed by atoms with van der Waals surface area (Å²) in [6.45, 7) is 1.25. The quantitative estimate of drug-likeness (QED) is 0.907. The number of ether oxygens (including phenoxy) is 1. The number of nitrogens with zero attached hydrogens (tertiary/aromatic N) is 1. The second-order valence-electron chi connectivity index (χ2n) is 6.50. The Hall–Kier alpha value is -2.04. The minimum Gasteiger partial charge on any atom is -0.497 e. The van der Waals surface area contributed by atoms with Crippen molar-refractivity contribution in [2.45, 2.75) is 32.1 Å². The lowest BCUT2D eigenvalue weighted by atomic mass is 10.1. The summed E-state index contributed by atoms with van der Waals surface area (Å²) in [6, 6.07) is 7.52. The topological polar surface area (TPSA) is 58.6 Å². The number of carbonyl (C=O) groups is 2. The molecule has 2 fully saturated rings. The van der Waals surface area contributed by atoms with Crippen LogP contribution >= 0.6 is 0 Å². The Bertz CT molecular complexity index is 564. The van der Waals surface area contributed by atoms with Crippen molar-refractivity contribution in [1.82, 2.24) is 5.32 Å². The maximum atomic E-state index is 12.2. The molecule has 5 nitrogen and oxygen atoms in total.